The van der Waals surface area contributed by atoms with Gasteiger partial charge in [0.05, 0.1) is 5.52 Å². The Morgan fingerprint density at radius 2 is 1.80 bits per heavy atom. The van der Waals surface area contributed by atoms with E-state index in [0.29, 0.717) is 5.82 Å². The first kappa shape index (κ1) is 18.4. The molecule has 1 aliphatic rings. The third-order valence-electron chi connectivity index (χ3n) is 5.39. The van der Waals surface area contributed by atoms with Gasteiger partial charge in [-0.1, -0.05) is 24.3 Å². The molecule has 0 unspecified atom stereocenters. The molecule has 5 nitrogen and oxygen atoms in total. The van der Waals surface area contributed by atoms with E-state index in [1.165, 1.54) is 5.56 Å². The number of aromatic nitrogens is 2. The lowest BCUT2D eigenvalue weighted by Crippen LogP contribution is -2.24. The highest BCUT2D eigenvalue weighted by Gasteiger charge is 2.32. The number of aryl methyl sites for hydroxylation is 1. The van der Waals surface area contributed by atoms with Crippen molar-refractivity contribution in [1.29, 1.82) is 0 Å². The van der Waals surface area contributed by atoms with Crippen molar-refractivity contribution in [2.75, 3.05) is 11.1 Å². The number of hydrogen-bond donors (Lipinski definition) is 2. The second-order valence-electron chi connectivity index (χ2n) is 8.45. The monoisotopic (exact) mass is 396 g/mol. The van der Waals surface area contributed by atoms with Gasteiger partial charge in [-0.15, -0.1) is 0 Å². The van der Waals surface area contributed by atoms with Gasteiger partial charge in [0.1, 0.15) is 23.0 Å². The number of anilines is 3. The van der Waals surface area contributed by atoms with E-state index in [4.69, 9.17) is 10.5 Å². The van der Waals surface area contributed by atoms with Gasteiger partial charge in [0.15, 0.2) is 0 Å². The number of para-hydroxylation sites is 1. The molecule has 1 aliphatic heterocycles. The Hall–Kier alpha value is -3.60. The number of fused-ring (bicyclic) bond motifs is 2. The summed E-state index contributed by atoms with van der Waals surface area (Å²) in [7, 11) is 0. The van der Waals surface area contributed by atoms with Gasteiger partial charge in [-0.25, -0.2) is 9.97 Å². The summed E-state index contributed by atoms with van der Waals surface area (Å²) in [4.78, 5) is 9.17. The number of benzene rings is 2. The van der Waals surface area contributed by atoms with Crippen LogP contribution in [-0.4, -0.2) is 15.6 Å². The van der Waals surface area contributed by atoms with E-state index in [-0.39, 0.29) is 5.60 Å². The Kier molecular flexibility index (Phi) is 4.13. The summed E-state index contributed by atoms with van der Waals surface area (Å²) in [5.41, 5.74) is 12.0. The van der Waals surface area contributed by atoms with Gasteiger partial charge in [0.2, 0.25) is 0 Å². The van der Waals surface area contributed by atoms with Gasteiger partial charge in [0.25, 0.3) is 0 Å². The molecule has 150 valence electrons. The van der Waals surface area contributed by atoms with Crippen LogP contribution in [0.1, 0.15) is 25.1 Å². The molecule has 5 rings (SSSR count). The first-order valence-electron chi connectivity index (χ1n) is 10.1. The first-order chi connectivity index (χ1) is 14.4. The molecule has 3 N–H and O–H groups in total. The second kappa shape index (κ2) is 6.73. The topological polar surface area (TPSA) is 73.1 Å². The van der Waals surface area contributed by atoms with Gasteiger partial charge in [-0.05, 0) is 62.7 Å². The van der Waals surface area contributed by atoms with Gasteiger partial charge in [-0.2, -0.15) is 0 Å². The maximum absolute atomic E-state index is 6.37. The minimum absolute atomic E-state index is 0.213. The van der Waals surface area contributed by atoms with Gasteiger partial charge in [0, 0.05) is 34.3 Å². The summed E-state index contributed by atoms with van der Waals surface area (Å²) in [5.74, 6) is 2.23. The third kappa shape index (κ3) is 3.32. The quantitative estimate of drug-likeness (QED) is 0.468. The largest absolute Gasteiger partial charge is 0.487 e. The number of nitrogen functional groups attached to an aromatic ring is 1. The van der Waals surface area contributed by atoms with Crippen LogP contribution in [0.3, 0.4) is 0 Å². The molecule has 2 aromatic heterocycles. The molecule has 0 amide bonds. The fraction of sp³-hybridized carbons (Fsp3) is 0.200. The summed E-state index contributed by atoms with van der Waals surface area (Å²) >= 11 is 0. The Morgan fingerprint density at radius 1 is 0.967 bits per heavy atom. The molecule has 0 aliphatic carbocycles. The summed E-state index contributed by atoms with van der Waals surface area (Å²) < 4.78 is 6.26. The van der Waals surface area contributed by atoms with Gasteiger partial charge in [-0.3, -0.25) is 0 Å². The molecule has 0 saturated carbocycles. The molecule has 3 heterocycles. The van der Waals surface area contributed by atoms with Crippen molar-refractivity contribution in [1.82, 2.24) is 9.97 Å². The Balaban J connectivity index is 1.58. The van der Waals surface area contributed by atoms with E-state index >= 15 is 0 Å². The molecule has 0 saturated heterocycles. The van der Waals surface area contributed by atoms with Crippen LogP contribution in [0.2, 0.25) is 0 Å². The number of nitrogens with two attached hydrogens (primary N) is 1. The van der Waals surface area contributed by atoms with Crippen LogP contribution < -0.4 is 15.8 Å². The summed E-state index contributed by atoms with van der Waals surface area (Å²) in [5, 5.41) is 4.37. The summed E-state index contributed by atoms with van der Waals surface area (Å²) in [6.07, 6.45) is 0.884. The van der Waals surface area contributed by atoms with Crippen LogP contribution in [0, 0.1) is 6.92 Å². The summed E-state index contributed by atoms with van der Waals surface area (Å²) in [6.45, 7) is 6.19. The molecule has 2 aromatic carbocycles. The average molecular weight is 396 g/mol. The minimum atomic E-state index is -0.213. The number of hydrogen-bond acceptors (Lipinski definition) is 5. The standard InChI is InChI=1S/C25H24N4O/c1-15-6-4-9-22(27-15)28-18-10-11-21-17(12-18)13-20(24(26)29-21)19-8-5-7-16-14-25(2,3)30-23(16)19/h4-13H,14H2,1-3H3,(H2,26,29)(H,27,28). The number of ether oxygens (including phenoxy) is 1. The molecule has 0 bridgehead atoms. The predicted octanol–water partition coefficient (Wildman–Crippen LogP) is 5.64. The van der Waals surface area contributed by atoms with Crippen LogP contribution in [0.4, 0.5) is 17.3 Å². The van der Waals surface area contributed by atoms with Crippen molar-refractivity contribution in [3.05, 3.63) is 71.9 Å². The van der Waals surface area contributed by atoms with Crippen molar-refractivity contribution in [2.45, 2.75) is 32.8 Å². The molecule has 0 fully saturated rings. The number of rotatable bonds is 3. The fourth-order valence-corrected chi connectivity index (χ4v) is 4.07. The Bertz CT molecular complexity index is 1280. The Labute approximate surface area is 175 Å². The van der Waals surface area contributed by atoms with E-state index in [2.05, 4.69) is 59.5 Å². The lowest BCUT2D eigenvalue weighted by molar-refractivity contribution is 0.139. The highest BCUT2D eigenvalue weighted by molar-refractivity contribution is 5.92. The second-order valence-corrected chi connectivity index (χ2v) is 8.45. The van der Waals surface area contributed by atoms with Crippen LogP contribution in [-0.2, 0) is 6.42 Å². The van der Waals surface area contributed by atoms with Crippen LogP contribution >= 0.6 is 0 Å². The molecule has 4 aromatic rings. The first-order valence-corrected chi connectivity index (χ1v) is 10.1. The zero-order chi connectivity index (χ0) is 20.9. The smallest absolute Gasteiger partial charge is 0.132 e. The van der Waals surface area contributed by atoms with E-state index in [9.17, 15) is 0 Å². The molecule has 5 heteroatoms. The maximum Gasteiger partial charge on any atom is 0.132 e. The van der Waals surface area contributed by atoms with E-state index in [1.54, 1.807) is 0 Å². The summed E-state index contributed by atoms with van der Waals surface area (Å²) in [6, 6.07) is 20.3. The van der Waals surface area contributed by atoms with E-state index in [0.717, 1.165) is 51.4 Å². The molecule has 0 radical (unpaired) electrons. The predicted molar refractivity (Wildman–Crippen MR) is 122 cm³/mol. The number of pyridine rings is 2. The molecule has 0 spiro atoms. The number of nitrogens with one attached hydrogen (secondary N) is 1. The fourth-order valence-electron chi connectivity index (χ4n) is 4.07. The van der Waals surface area contributed by atoms with E-state index < -0.39 is 0 Å². The van der Waals surface area contributed by atoms with Crippen molar-refractivity contribution in [3.8, 4) is 16.9 Å². The SMILES string of the molecule is Cc1cccc(Nc2ccc3nc(N)c(-c4cccc5c4OC(C)(C)C5)cc3c2)n1. The third-order valence-corrected chi connectivity index (χ3v) is 5.39. The normalized spacial score (nSPS) is 14.4. The lowest BCUT2D eigenvalue weighted by atomic mass is 9.97. The Morgan fingerprint density at radius 3 is 2.63 bits per heavy atom. The van der Waals surface area contributed by atoms with Crippen LogP contribution in [0.15, 0.2) is 60.7 Å². The zero-order valence-electron chi connectivity index (χ0n) is 17.4. The highest BCUT2D eigenvalue weighted by atomic mass is 16.5. The van der Waals surface area contributed by atoms with Crippen molar-refractivity contribution in [3.63, 3.8) is 0 Å². The lowest BCUT2D eigenvalue weighted by Gasteiger charge is -2.18. The average Bonchev–Trinajstić information content (AvgIpc) is 3.02. The van der Waals surface area contributed by atoms with Crippen molar-refractivity contribution >= 4 is 28.2 Å². The van der Waals surface area contributed by atoms with Crippen molar-refractivity contribution < 1.29 is 4.74 Å². The molecular weight excluding hydrogens is 372 g/mol. The van der Waals surface area contributed by atoms with Gasteiger partial charge < -0.3 is 15.8 Å². The maximum atomic E-state index is 6.37. The highest BCUT2D eigenvalue weighted by Crippen LogP contribution is 2.44. The molecule has 30 heavy (non-hydrogen) atoms. The van der Waals surface area contributed by atoms with Crippen LogP contribution in [0.25, 0.3) is 22.0 Å². The van der Waals surface area contributed by atoms with Gasteiger partial charge >= 0.3 is 0 Å². The zero-order valence-corrected chi connectivity index (χ0v) is 17.4. The van der Waals surface area contributed by atoms with Crippen molar-refractivity contribution in [2.24, 2.45) is 0 Å². The molecule has 0 atom stereocenters. The molecular formula is C25H24N4O. The van der Waals surface area contributed by atoms with E-state index in [1.807, 2.05) is 37.3 Å². The van der Waals surface area contributed by atoms with Crippen LogP contribution in [0.5, 0.6) is 5.75 Å². The number of nitrogens with zero attached hydrogens (tertiary/aromatic N) is 2. The minimum Gasteiger partial charge on any atom is -0.487 e.